The minimum Gasteiger partial charge on any atom is -0.338 e. The van der Waals surface area contributed by atoms with Crippen LogP contribution in [0.1, 0.15) is 91.8 Å². The van der Waals surface area contributed by atoms with Crippen LogP contribution >= 0.6 is 0 Å². The summed E-state index contributed by atoms with van der Waals surface area (Å²) in [4.78, 5) is 26.2. The lowest BCUT2D eigenvalue weighted by atomic mass is 9.74. The van der Waals surface area contributed by atoms with E-state index in [1.54, 1.807) is 12.1 Å². The van der Waals surface area contributed by atoms with E-state index in [4.69, 9.17) is 0 Å². The Morgan fingerprint density at radius 2 is 1.38 bits per heavy atom. The Morgan fingerprint density at radius 1 is 0.857 bits per heavy atom. The lowest BCUT2D eigenvalue weighted by Crippen LogP contribution is -2.56. The van der Waals surface area contributed by atoms with Gasteiger partial charge in [-0.05, 0) is 88.7 Å². The van der Waals surface area contributed by atoms with Crippen molar-refractivity contribution in [2.75, 3.05) is 26.2 Å². The summed E-state index contributed by atoms with van der Waals surface area (Å²) in [7, 11) is 0. The molecule has 2 fully saturated rings. The molecule has 3 aromatic rings. The normalized spacial score (nSPS) is 18.5. The number of aromatic nitrogens is 2. The van der Waals surface area contributed by atoms with Gasteiger partial charge in [0.1, 0.15) is 6.33 Å². The maximum Gasteiger partial charge on any atom is 0.416 e. The fraction of sp³-hybridized carbons (Fsp3) is 0.500. The van der Waals surface area contributed by atoms with Crippen molar-refractivity contribution in [3.05, 3.63) is 94.6 Å². The highest BCUT2D eigenvalue weighted by molar-refractivity contribution is 5.96. The predicted octanol–water partition coefficient (Wildman–Crippen LogP) is 7.92. The highest BCUT2D eigenvalue weighted by Gasteiger charge is 2.40. The quantitative estimate of drug-likeness (QED) is 0.307. The maximum absolute atomic E-state index is 13.3. The number of nitrogens with zero attached hydrogens (tertiary/aromatic N) is 4. The molecule has 1 amide bonds. The molecule has 5 nitrogen and oxygen atoms in total. The first-order chi connectivity index (χ1) is 19.1. The fourth-order valence-corrected chi connectivity index (χ4v) is 6.62. The summed E-state index contributed by atoms with van der Waals surface area (Å²) < 4.78 is 39.6. The number of alkyl halides is 3. The van der Waals surface area contributed by atoms with E-state index in [9.17, 15) is 18.0 Å². The van der Waals surface area contributed by atoms with E-state index in [0.29, 0.717) is 36.0 Å². The molecule has 2 aliphatic rings. The zero-order valence-electron chi connectivity index (χ0n) is 23.4. The Bertz CT molecular complexity index is 1290. The van der Waals surface area contributed by atoms with Crippen LogP contribution in [-0.2, 0) is 6.18 Å². The van der Waals surface area contributed by atoms with Gasteiger partial charge in [0.05, 0.1) is 22.5 Å². The number of carbonyl (C=O) groups excluding carboxylic acids is 1. The molecular formula is C34H45F3N4O. The maximum atomic E-state index is 13.3. The summed E-state index contributed by atoms with van der Waals surface area (Å²) in [5, 5.41) is 0. The van der Waals surface area contributed by atoms with Gasteiger partial charge in [0.25, 0.3) is 5.91 Å². The van der Waals surface area contributed by atoms with Gasteiger partial charge in [-0.3, -0.25) is 9.69 Å². The van der Waals surface area contributed by atoms with Crippen molar-refractivity contribution in [3.63, 3.8) is 0 Å². The van der Waals surface area contributed by atoms with Gasteiger partial charge in [-0.2, -0.15) is 13.2 Å². The third-order valence-corrected chi connectivity index (χ3v) is 9.10. The Morgan fingerprint density at radius 3 is 1.90 bits per heavy atom. The first kappa shape index (κ1) is 33.2. The molecule has 1 atom stereocenters. The highest BCUT2D eigenvalue weighted by Crippen LogP contribution is 2.41. The third-order valence-electron chi connectivity index (χ3n) is 9.10. The summed E-state index contributed by atoms with van der Waals surface area (Å²) >= 11 is 0. The SMILES string of the molecule is C.C.Cc1ncnc(C)c1C(=O)N1CCC(C)(N2CCC(C(c3ccccc3)c3ccc(C(F)(F)F)cc3)CC2)CC1. The molecule has 5 rings (SSSR count). The van der Waals surface area contributed by atoms with Crippen LogP contribution in [0.4, 0.5) is 13.2 Å². The molecule has 0 bridgehead atoms. The molecule has 8 heteroatoms. The monoisotopic (exact) mass is 582 g/mol. The fourth-order valence-electron chi connectivity index (χ4n) is 6.62. The van der Waals surface area contributed by atoms with Crippen molar-refractivity contribution in [1.82, 2.24) is 19.8 Å². The zero-order valence-corrected chi connectivity index (χ0v) is 23.4. The molecule has 0 radical (unpaired) electrons. The van der Waals surface area contributed by atoms with E-state index in [2.05, 4.69) is 33.9 Å². The number of rotatable bonds is 5. The Hall–Kier alpha value is -3.26. The van der Waals surface area contributed by atoms with Gasteiger partial charge in [-0.25, -0.2) is 9.97 Å². The van der Waals surface area contributed by atoms with Crippen LogP contribution in [0.2, 0.25) is 0 Å². The van der Waals surface area contributed by atoms with Gasteiger partial charge in [0.2, 0.25) is 0 Å². The number of piperidine rings is 2. The Balaban J connectivity index is 0.00000242. The Kier molecular flexibility index (Phi) is 10.6. The molecule has 0 aliphatic carbocycles. The number of hydrogen-bond acceptors (Lipinski definition) is 4. The highest BCUT2D eigenvalue weighted by atomic mass is 19.4. The second kappa shape index (κ2) is 13.4. The van der Waals surface area contributed by atoms with Crippen molar-refractivity contribution in [3.8, 4) is 0 Å². The van der Waals surface area contributed by atoms with Crippen molar-refractivity contribution in [2.24, 2.45) is 5.92 Å². The average Bonchev–Trinajstić information content (AvgIpc) is 2.94. The number of halogens is 3. The molecule has 228 valence electrons. The van der Waals surface area contributed by atoms with Gasteiger partial charge < -0.3 is 4.90 Å². The molecule has 1 unspecified atom stereocenters. The van der Waals surface area contributed by atoms with E-state index in [-0.39, 0.29) is 32.2 Å². The number of aryl methyl sites for hydroxylation is 2. The lowest BCUT2D eigenvalue weighted by Gasteiger charge is -2.50. The summed E-state index contributed by atoms with van der Waals surface area (Å²) in [5.41, 5.74) is 3.53. The molecule has 0 spiro atoms. The van der Waals surface area contributed by atoms with Gasteiger partial charge in [0, 0.05) is 24.5 Å². The molecule has 2 saturated heterocycles. The number of amides is 1. The van der Waals surface area contributed by atoms with Crippen LogP contribution in [0.15, 0.2) is 60.9 Å². The average molecular weight is 583 g/mol. The van der Waals surface area contributed by atoms with E-state index in [1.165, 1.54) is 18.5 Å². The lowest BCUT2D eigenvalue weighted by molar-refractivity contribution is -0.137. The minimum atomic E-state index is -4.34. The molecule has 2 aliphatic heterocycles. The summed E-state index contributed by atoms with van der Waals surface area (Å²) in [6.45, 7) is 9.28. The standard InChI is InChI=1S/C32H37F3N4O.2CH4/c1-22-28(23(2)37-21-36-22)30(40)38-19-15-31(3,16-20-38)39-17-13-26(14-18-39)29(24-7-5-4-6-8-24)25-9-11-27(12-10-25)32(33,34)35;;/h4-12,21,26,29H,13-20H2,1-3H3;2*1H4. The van der Waals surface area contributed by atoms with E-state index in [0.717, 1.165) is 49.9 Å². The van der Waals surface area contributed by atoms with Gasteiger partial charge >= 0.3 is 6.18 Å². The largest absolute Gasteiger partial charge is 0.416 e. The summed E-state index contributed by atoms with van der Waals surface area (Å²) in [6.07, 6.45) is 0.899. The van der Waals surface area contributed by atoms with Crippen LogP contribution in [0.25, 0.3) is 0 Å². The minimum absolute atomic E-state index is 0. The topological polar surface area (TPSA) is 49.3 Å². The first-order valence-electron chi connectivity index (χ1n) is 14.1. The molecular weight excluding hydrogens is 537 g/mol. The molecule has 0 N–H and O–H groups in total. The smallest absolute Gasteiger partial charge is 0.338 e. The third kappa shape index (κ3) is 6.86. The van der Waals surface area contributed by atoms with Gasteiger partial charge in [-0.1, -0.05) is 57.3 Å². The number of likely N-dealkylation sites (tertiary alicyclic amines) is 2. The molecule has 2 aromatic carbocycles. The Labute approximate surface area is 249 Å². The molecule has 3 heterocycles. The number of benzene rings is 2. The van der Waals surface area contributed by atoms with Crippen LogP contribution < -0.4 is 0 Å². The van der Waals surface area contributed by atoms with Crippen LogP contribution in [0.3, 0.4) is 0 Å². The summed E-state index contributed by atoms with van der Waals surface area (Å²) in [5.74, 6) is 0.403. The molecule has 0 saturated carbocycles. The van der Waals surface area contributed by atoms with Crippen molar-refractivity contribution in [1.29, 1.82) is 0 Å². The van der Waals surface area contributed by atoms with Crippen LogP contribution in [0, 0.1) is 19.8 Å². The number of hydrogen-bond donors (Lipinski definition) is 0. The van der Waals surface area contributed by atoms with E-state index in [1.807, 2.05) is 36.9 Å². The predicted molar refractivity (Wildman–Crippen MR) is 163 cm³/mol. The van der Waals surface area contributed by atoms with Crippen molar-refractivity contribution < 1.29 is 18.0 Å². The second-order valence-corrected chi connectivity index (χ2v) is 11.5. The summed E-state index contributed by atoms with van der Waals surface area (Å²) in [6, 6.07) is 15.9. The second-order valence-electron chi connectivity index (χ2n) is 11.5. The van der Waals surface area contributed by atoms with Gasteiger partial charge in [0.15, 0.2) is 0 Å². The van der Waals surface area contributed by atoms with E-state index < -0.39 is 11.7 Å². The first-order valence-corrected chi connectivity index (χ1v) is 14.1. The number of carbonyl (C=O) groups is 1. The van der Waals surface area contributed by atoms with Crippen molar-refractivity contribution >= 4 is 5.91 Å². The van der Waals surface area contributed by atoms with E-state index >= 15 is 0 Å². The van der Waals surface area contributed by atoms with Gasteiger partial charge in [-0.15, -0.1) is 0 Å². The van der Waals surface area contributed by atoms with Crippen molar-refractivity contribution in [2.45, 2.75) is 78.9 Å². The zero-order chi connectivity index (χ0) is 28.5. The molecule has 42 heavy (non-hydrogen) atoms. The van der Waals surface area contributed by atoms with Crippen LogP contribution in [0.5, 0.6) is 0 Å². The van der Waals surface area contributed by atoms with Crippen LogP contribution in [-0.4, -0.2) is 57.4 Å². The molecule has 1 aromatic heterocycles.